The molecule has 0 saturated heterocycles. The summed E-state index contributed by atoms with van der Waals surface area (Å²) in [6.07, 6.45) is 3.86. The first-order chi connectivity index (χ1) is 9.85. The number of aryl methyl sites for hydroxylation is 1. The second-order valence-electron chi connectivity index (χ2n) is 5.03. The number of rotatable bonds is 5. The van der Waals surface area contributed by atoms with Gasteiger partial charge in [0.2, 0.25) is 10.0 Å². The number of nitrogens with two attached hydrogens (primary N) is 1. The molecule has 2 rings (SSSR count). The summed E-state index contributed by atoms with van der Waals surface area (Å²) < 4.78 is 27.9. The Kier molecular flexibility index (Phi) is 4.34. The first kappa shape index (κ1) is 15.5. The molecule has 0 aliphatic carbocycles. The van der Waals surface area contributed by atoms with Crippen LogP contribution in [0.25, 0.3) is 0 Å². The molecule has 21 heavy (non-hydrogen) atoms. The SMILES string of the molecule is CCC(NS(=O)(=O)c1cc(C)cc(N)c1C)c1ncc[nH]1. The molecule has 0 spiro atoms. The van der Waals surface area contributed by atoms with Crippen molar-refractivity contribution in [3.63, 3.8) is 0 Å². The third-order valence-electron chi connectivity index (χ3n) is 3.39. The molecule has 114 valence electrons. The predicted molar refractivity (Wildman–Crippen MR) is 82.3 cm³/mol. The lowest BCUT2D eigenvalue weighted by Gasteiger charge is -2.17. The summed E-state index contributed by atoms with van der Waals surface area (Å²) in [6.45, 7) is 5.42. The van der Waals surface area contributed by atoms with Crippen molar-refractivity contribution >= 4 is 15.7 Å². The number of H-pyrrole nitrogens is 1. The highest BCUT2D eigenvalue weighted by atomic mass is 32.2. The number of hydrogen-bond donors (Lipinski definition) is 3. The number of nitrogen functional groups attached to an aromatic ring is 1. The molecule has 4 N–H and O–H groups in total. The van der Waals surface area contributed by atoms with Crippen LogP contribution in [0.5, 0.6) is 0 Å². The Morgan fingerprint density at radius 1 is 1.38 bits per heavy atom. The van der Waals surface area contributed by atoms with Crippen LogP contribution in [0.15, 0.2) is 29.4 Å². The van der Waals surface area contributed by atoms with E-state index in [2.05, 4.69) is 14.7 Å². The van der Waals surface area contributed by atoms with E-state index in [1.54, 1.807) is 31.5 Å². The monoisotopic (exact) mass is 308 g/mol. The largest absolute Gasteiger partial charge is 0.398 e. The van der Waals surface area contributed by atoms with Gasteiger partial charge in [-0.05, 0) is 43.5 Å². The van der Waals surface area contributed by atoms with Gasteiger partial charge in [0.25, 0.3) is 0 Å². The third-order valence-corrected chi connectivity index (χ3v) is 4.99. The Morgan fingerprint density at radius 3 is 2.67 bits per heavy atom. The van der Waals surface area contributed by atoms with Crippen LogP contribution in [0.1, 0.15) is 36.3 Å². The zero-order chi connectivity index (χ0) is 15.6. The standard InChI is InChI=1S/C14H20N4O2S/c1-4-12(14-16-5-6-17-14)18-21(19,20)13-8-9(2)7-11(15)10(13)3/h5-8,12,18H,4,15H2,1-3H3,(H,16,17). The van der Waals surface area contributed by atoms with E-state index in [1.807, 2.05) is 13.8 Å². The normalized spacial score (nSPS) is 13.3. The van der Waals surface area contributed by atoms with E-state index in [4.69, 9.17) is 5.73 Å². The fourth-order valence-corrected chi connectivity index (χ4v) is 3.82. The van der Waals surface area contributed by atoms with Gasteiger partial charge in [0.1, 0.15) is 5.82 Å². The van der Waals surface area contributed by atoms with Crippen molar-refractivity contribution in [3.05, 3.63) is 41.5 Å². The summed E-state index contributed by atoms with van der Waals surface area (Å²) in [5.41, 5.74) is 7.71. The molecule has 1 unspecified atom stereocenters. The highest BCUT2D eigenvalue weighted by Gasteiger charge is 2.24. The van der Waals surface area contributed by atoms with Gasteiger partial charge in [-0.1, -0.05) is 6.92 Å². The number of aromatic amines is 1. The number of nitrogens with zero attached hydrogens (tertiary/aromatic N) is 1. The molecule has 0 aliphatic heterocycles. The van der Waals surface area contributed by atoms with Crippen molar-refractivity contribution in [1.29, 1.82) is 0 Å². The van der Waals surface area contributed by atoms with Crippen LogP contribution in [-0.2, 0) is 10.0 Å². The summed E-state index contributed by atoms with van der Waals surface area (Å²) in [7, 11) is -3.66. The van der Waals surface area contributed by atoms with Crippen molar-refractivity contribution in [1.82, 2.24) is 14.7 Å². The molecule has 0 radical (unpaired) electrons. The molecule has 0 fully saturated rings. The minimum Gasteiger partial charge on any atom is -0.398 e. The molecule has 1 aromatic heterocycles. The maximum atomic E-state index is 12.6. The Morgan fingerprint density at radius 2 is 2.10 bits per heavy atom. The molecular formula is C14H20N4O2S. The number of imidazole rings is 1. The smallest absolute Gasteiger partial charge is 0.241 e. The summed E-state index contributed by atoms with van der Waals surface area (Å²) in [6, 6.07) is 2.99. The molecule has 7 heteroatoms. The van der Waals surface area contributed by atoms with Gasteiger partial charge in [-0.3, -0.25) is 0 Å². The third kappa shape index (κ3) is 3.25. The fraction of sp³-hybridized carbons (Fsp3) is 0.357. The van der Waals surface area contributed by atoms with Gasteiger partial charge >= 0.3 is 0 Å². The van der Waals surface area contributed by atoms with E-state index in [9.17, 15) is 8.42 Å². The van der Waals surface area contributed by atoms with Crippen LogP contribution < -0.4 is 10.5 Å². The van der Waals surface area contributed by atoms with Gasteiger partial charge in [-0.2, -0.15) is 0 Å². The molecule has 1 atom stereocenters. The molecule has 0 amide bonds. The summed E-state index contributed by atoms with van der Waals surface area (Å²) in [5, 5.41) is 0. The minimum absolute atomic E-state index is 0.213. The number of aromatic nitrogens is 2. The fourth-order valence-electron chi connectivity index (χ4n) is 2.18. The van der Waals surface area contributed by atoms with Crippen LogP contribution in [-0.4, -0.2) is 18.4 Å². The Hall–Kier alpha value is -1.86. The molecular weight excluding hydrogens is 288 g/mol. The Balaban J connectivity index is 2.39. The van der Waals surface area contributed by atoms with E-state index in [0.717, 1.165) is 5.56 Å². The molecule has 0 bridgehead atoms. The quantitative estimate of drug-likeness (QED) is 0.736. The van der Waals surface area contributed by atoms with Crippen molar-refractivity contribution < 1.29 is 8.42 Å². The zero-order valence-corrected chi connectivity index (χ0v) is 13.2. The molecule has 0 saturated carbocycles. The number of sulfonamides is 1. The number of anilines is 1. The van der Waals surface area contributed by atoms with Crippen LogP contribution >= 0.6 is 0 Å². The highest BCUT2D eigenvalue weighted by molar-refractivity contribution is 7.89. The van der Waals surface area contributed by atoms with Crippen LogP contribution in [0.4, 0.5) is 5.69 Å². The molecule has 6 nitrogen and oxygen atoms in total. The highest BCUT2D eigenvalue weighted by Crippen LogP contribution is 2.25. The van der Waals surface area contributed by atoms with Crippen molar-refractivity contribution in [2.45, 2.75) is 38.1 Å². The second-order valence-corrected chi connectivity index (χ2v) is 6.72. The van der Waals surface area contributed by atoms with Gasteiger partial charge < -0.3 is 10.7 Å². The first-order valence-electron chi connectivity index (χ1n) is 6.73. The van der Waals surface area contributed by atoms with E-state index in [0.29, 0.717) is 23.5 Å². The maximum absolute atomic E-state index is 12.6. The Labute approximate surface area is 124 Å². The van der Waals surface area contributed by atoms with Gasteiger partial charge in [0.15, 0.2) is 0 Å². The van der Waals surface area contributed by atoms with Gasteiger partial charge in [-0.25, -0.2) is 18.1 Å². The average Bonchev–Trinajstić information content (AvgIpc) is 2.94. The van der Waals surface area contributed by atoms with E-state index in [-0.39, 0.29) is 4.90 Å². The molecule has 2 aromatic rings. The van der Waals surface area contributed by atoms with E-state index < -0.39 is 16.1 Å². The van der Waals surface area contributed by atoms with E-state index in [1.165, 1.54) is 0 Å². The molecule has 1 aromatic carbocycles. The lowest BCUT2D eigenvalue weighted by atomic mass is 10.1. The summed E-state index contributed by atoms with van der Waals surface area (Å²) in [4.78, 5) is 7.27. The lowest BCUT2D eigenvalue weighted by Crippen LogP contribution is -2.29. The second kappa shape index (κ2) is 5.87. The average molecular weight is 308 g/mol. The Bertz CT molecular complexity index is 724. The van der Waals surface area contributed by atoms with Gasteiger partial charge in [-0.15, -0.1) is 0 Å². The number of hydrogen-bond acceptors (Lipinski definition) is 4. The van der Waals surface area contributed by atoms with Crippen molar-refractivity contribution in [3.8, 4) is 0 Å². The summed E-state index contributed by atoms with van der Waals surface area (Å²) >= 11 is 0. The van der Waals surface area contributed by atoms with Gasteiger partial charge in [0.05, 0.1) is 10.9 Å². The first-order valence-corrected chi connectivity index (χ1v) is 8.21. The van der Waals surface area contributed by atoms with Crippen LogP contribution in [0, 0.1) is 13.8 Å². The maximum Gasteiger partial charge on any atom is 0.241 e. The zero-order valence-electron chi connectivity index (χ0n) is 12.3. The topological polar surface area (TPSA) is 101 Å². The molecule has 0 aliphatic rings. The molecule has 1 heterocycles. The van der Waals surface area contributed by atoms with Gasteiger partial charge in [0, 0.05) is 18.1 Å². The van der Waals surface area contributed by atoms with Crippen molar-refractivity contribution in [2.24, 2.45) is 0 Å². The lowest BCUT2D eigenvalue weighted by molar-refractivity contribution is 0.539. The van der Waals surface area contributed by atoms with Crippen molar-refractivity contribution in [2.75, 3.05) is 5.73 Å². The predicted octanol–water partition coefficient (Wildman–Crippen LogP) is 2.04. The van der Waals surface area contributed by atoms with Crippen LogP contribution in [0.3, 0.4) is 0 Å². The summed E-state index contributed by atoms with van der Waals surface area (Å²) in [5.74, 6) is 0.597. The number of nitrogens with one attached hydrogen (secondary N) is 2. The van der Waals surface area contributed by atoms with Crippen LogP contribution in [0.2, 0.25) is 0 Å². The minimum atomic E-state index is -3.66. The van der Waals surface area contributed by atoms with E-state index >= 15 is 0 Å². The number of benzene rings is 1.